The fourth-order valence-corrected chi connectivity index (χ4v) is 2.02. The topological polar surface area (TPSA) is 67.9 Å². The second-order valence-corrected chi connectivity index (χ2v) is 4.85. The summed E-state index contributed by atoms with van der Waals surface area (Å²) in [6.07, 6.45) is 0.674. The number of methoxy groups -OCH3 is 2. The van der Waals surface area contributed by atoms with Crippen molar-refractivity contribution in [2.75, 3.05) is 40.5 Å². The van der Waals surface area contributed by atoms with Crippen molar-refractivity contribution in [1.29, 1.82) is 0 Å². The number of benzene rings is 1. The molecule has 0 saturated heterocycles. The molecule has 0 radical (unpaired) electrons. The highest BCUT2D eigenvalue weighted by Gasteiger charge is 2.13. The molecule has 1 aromatic carbocycles. The predicted molar refractivity (Wildman–Crippen MR) is 83.8 cm³/mol. The van der Waals surface area contributed by atoms with Crippen molar-refractivity contribution >= 4 is 11.8 Å². The lowest BCUT2D eigenvalue weighted by Crippen LogP contribution is -2.41. The van der Waals surface area contributed by atoms with Crippen LogP contribution in [0.2, 0.25) is 0 Å². The smallest absolute Gasteiger partial charge is 0.239 e. The Bertz CT molecular complexity index is 491. The van der Waals surface area contributed by atoms with Gasteiger partial charge >= 0.3 is 0 Å². The molecule has 0 aromatic heterocycles. The normalized spacial score (nSPS) is 10.1. The highest BCUT2D eigenvalue weighted by molar-refractivity contribution is 5.83. The number of hydrogen-bond acceptors (Lipinski definition) is 4. The largest absolute Gasteiger partial charge is 0.496 e. The van der Waals surface area contributed by atoms with Crippen LogP contribution < -0.4 is 10.1 Å². The van der Waals surface area contributed by atoms with Crippen molar-refractivity contribution in [2.45, 2.75) is 13.3 Å². The Morgan fingerprint density at radius 2 is 1.95 bits per heavy atom. The molecule has 1 rings (SSSR count). The summed E-state index contributed by atoms with van der Waals surface area (Å²) in [4.78, 5) is 24.8. The maximum Gasteiger partial charge on any atom is 0.239 e. The second-order valence-electron chi connectivity index (χ2n) is 4.85. The highest BCUT2D eigenvalue weighted by Crippen LogP contribution is 2.17. The van der Waals surface area contributed by atoms with Crippen LogP contribution >= 0.6 is 0 Å². The van der Waals surface area contributed by atoms with E-state index in [9.17, 15) is 9.59 Å². The molecule has 6 nitrogen and oxygen atoms in total. The van der Waals surface area contributed by atoms with E-state index in [4.69, 9.17) is 9.47 Å². The lowest BCUT2D eigenvalue weighted by molar-refractivity contribution is -0.134. The number of amides is 2. The fraction of sp³-hybridized carbons (Fsp3) is 0.500. The van der Waals surface area contributed by atoms with E-state index in [0.717, 1.165) is 11.3 Å². The molecule has 0 saturated carbocycles. The van der Waals surface area contributed by atoms with Gasteiger partial charge in [0.15, 0.2) is 0 Å². The summed E-state index contributed by atoms with van der Waals surface area (Å²) in [5.74, 6) is 0.486. The third-order valence-electron chi connectivity index (χ3n) is 3.25. The van der Waals surface area contributed by atoms with Crippen LogP contribution in [0.1, 0.15) is 12.5 Å². The predicted octanol–water partition coefficient (Wildman–Crippen LogP) is 0.849. The average molecular weight is 308 g/mol. The van der Waals surface area contributed by atoms with Gasteiger partial charge < -0.3 is 19.7 Å². The monoisotopic (exact) mass is 308 g/mol. The van der Waals surface area contributed by atoms with Gasteiger partial charge in [-0.25, -0.2) is 0 Å². The van der Waals surface area contributed by atoms with Crippen LogP contribution in [0.3, 0.4) is 0 Å². The molecule has 122 valence electrons. The summed E-state index contributed by atoms with van der Waals surface area (Å²) in [5.41, 5.74) is 1.04. The molecule has 2 amide bonds. The van der Waals surface area contributed by atoms with E-state index in [-0.39, 0.29) is 18.4 Å². The van der Waals surface area contributed by atoms with Crippen LogP contribution in [0.4, 0.5) is 0 Å². The Morgan fingerprint density at radius 3 is 2.59 bits per heavy atom. The molecule has 22 heavy (non-hydrogen) atoms. The Balaban J connectivity index is 2.40. The van der Waals surface area contributed by atoms with Gasteiger partial charge in [-0.2, -0.15) is 0 Å². The number of carbonyl (C=O) groups is 2. The van der Waals surface area contributed by atoms with Gasteiger partial charge in [0.05, 0.1) is 20.3 Å². The summed E-state index contributed by atoms with van der Waals surface area (Å²) in [7, 11) is 3.18. The Hall–Kier alpha value is -2.08. The third kappa shape index (κ3) is 6.13. The van der Waals surface area contributed by atoms with Gasteiger partial charge in [0.2, 0.25) is 11.8 Å². The summed E-state index contributed by atoms with van der Waals surface area (Å²) in [6, 6.07) is 7.69. The van der Waals surface area contributed by atoms with Crippen LogP contribution in [0.15, 0.2) is 24.3 Å². The quantitative estimate of drug-likeness (QED) is 0.734. The summed E-state index contributed by atoms with van der Waals surface area (Å²) >= 11 is 0. The summed E-state index contributed by atoms with van der Waals surface area (Å²) < 4.78 is 10.2. The van der Waals surface area contributed by atoms with Gasteiger partial charge in [0.1, 0.15) is 5.75 Å². The van der Waals surface area contributed by atoms with E-state index < -0.39 is 0 Å². The van der Waals surface area contributed by atoms with Crippen LogP contribution in [0.5, 0.6) is 5.75 Å². The van der Waals surface area contributed by atoms with Crippen LogP contribution in [-0.4, -0.2) is 57.2 Å². The molecule has 0 unspecified atom stereocenters. The van der Waals surface area contributed by atoms with Crippen molar-refractivity contribution in [3.8, 4) is 5.75 Å². The van der Waals surface area contributed by atoms with E-state index in [1.807, 2.05) is 24.3 Å². The molecule has 0 spiro atoms. The van der Waals surface area contributed by atoms with Crippen molar-refractivity contribution < 1.29 is 19.1 Å². The second kappa shape index (κ2) is 9.78. The number of nitrogens with zero attached hydrogens (tertiary/aromatic N) is 1. The van der Waals surface area contributed by atoms with Crippen molar-refractivity contribution in [1.82, 2.24) is 10.2 Å². The van der Waals surface area contributed by atoms with Gasteiger partial charge in [0.25, 0.3) is 0 Å². The van der Waals surface area contributed by atoms with Crippen molar-refractivity contribution in [3.63, 3.8) is 0 Å². The zero-order chi connectivity index (χ0) is 16.4. The van der Waals surface area contributed by atoms with E-state index in [1.54, 1.807) is 14.2 Å². The number of nitrogens with one attached hydrogen (secondary N) is 1. The van der Waals surface area contributed by atoms with Crippen molar-refractivity contribution in [2.24, 2.45) is 0 Å². The van der Waals surface area contributed by atoms with Crippen LogP contribution in [0.25, 0.3) is 0 Å². The highest BCUT2D eigenvalue weighted by atomic mass is 16.5. The van der Waals surface area contributed by atoms with Gasteiger partial charge in [-0.3, -0.25) is 9.59 Å². The average Bonchev–Trinajstić information content (AvgIpc) is 2.51. The van der Waals surface area contributed by atoms with E-state index >= 15 is 0 Å². The first-order valence-corrected chi connectivity index (χ1v) is 7.21. The van der Waals surface area contributed by atoms with Gasteiger partial charge in [-0.1, -0.05) is 18.2 Å². The van der Waals surface area contributed by atoms with E-state index in [1.165, 1.54) is 11.8 Å². The molecule has 1 aromatic rings. The molecule has 0 fully saturated rings. The number of rotatable bonds is 9. The minimum Gasteiger partial charge on any atom is -0.496 e. The molecule has 0 atom stereocenters. The fourth-order valence-electron chi connectivity index (χ4n) is 2.02. The number of ether oxygens (including phenoxy) is 2. The zero-order valence-electron chi connectivity index (χ0n) is 13.4. The SMILES string of the molecule is COCCN(CC(=O)NCCc1ccccc1OC)C(C)=O. The number of para-hydroxylation sites is 1. The van der Waals surface area contributed by atoms with E-state index in [0.29, 0.717) is 26.1 Å². The molecule has 6 heteroatoms. The Morgan fingerprint density at radius 1 is 1.23 bits per heavy atom. The first kappa shape index (κ1) is 18.0. The first-order chi connectivity index (χ1) is 10.6. The van der Waals surface area contributed by atoms with E-state index in [2.05, 4.69) is 5.32 Å². The summed E-state index contributed by atoms with van der Waals surface area (Å²) in [6.45, 7) is 2.80. The molecular formula is C16H24N2O4. The lowest BCUT2D eigenvalue weighted by atomic mass is 10.1. The zero-order valence-corrected chi connectivity index (χ0v) is 13.4. The first-order valence-electron chi connectivity index (χ1n) is 7.21. The van der Waals surface area contributed by atoms with Crippen molar-refractivity contribution in [3.05, 3.63) is 29.8 Å². The standard InChI is InChI=1S/C16H24N2O4/c1-13(19)18(10-11-21-2)12-16(20)17-9-8-14-6-4-5-7-15(14)22-3/h4-7H,8-12H2,1-3H3,(H,17,20). The summed E-state index contributed by atoms with van der Waals surface area (Å²) in [5, 5.41) is 2.82. The number of hydrogen-bond donors (Lipinski definition) is 1. The maximum absolute atomic E-state index is 11.9. The molecule has 0 aliphatic carbocycles. The van der Waals surface area contributed by atoms with Gasteiger partial charge in [0, 0.05) is 27.1 Å². The molecule has 0 aliphatic rings. The Labute approximate surface area is 131 Å². The lowest BCUT2D eigenvalue weighted by Gasteiger charge is -2.20. The minimum absolute atomic E-state index is 0.0462. The van der Waals surface area contributed by atoms with Crippen LogP contribution in [-0.2, 0) is 20.7 Å². The maximum atomic E-state index is 11.9. The molecule has 0 bridgehead atoms. The van der Waals surface area contributed by atoms with Crippen LogP contribution in [0, 0.1) is 0 Å². The van der Waals surface area contributed by atoms with Gasteiger partial charge in [-0.05, 0) is 18.1 Å². The molecule has 0 heterocycles. The molecule has 1 N–H and O–H groups in total. The van der Waals surface area contributed by atoms with Gasteiger partial charge in [-0.15, -0.1) is 0 Å². The number of carbonyl (C=O) groups excluding carboxylic acids is 2. The third-order valence-corrected chi connectivity index (χ3v) is 3.25. The molecular weight excluding hydrogens is 284 g/mol. The minimum atomic E-state index is -0.179. The molecule has 0 aliphatic heterocycles. The Kier molecular flexibility index (Phi) is 7.99.